The summed E-state index contributed by atoms with van der Waals surface area (Å²) in [4.78, 5) is 26.6. The van der Waals surface area contributed by atoms with E-state index in [0.29, 0.717) is 10.8 Å². The zero-order chi connectivity index (χ0) is 16.1. The molecule has 1 heterocycles. The molecule has 116 valence electrons. The van der Waals surface area contributed by atoms with Crippen LogP contribution < -0.4 is 10.1 Å². The van der Waals surface area contributed by atoms with E-state index in [0.717, 1.165) is 5.56 Å². The van der Waals surface area contributed by atoms with Gasteiger partial charge in [-0.3, -0.25) is 4.79 Å². The second-order valence-corrected chi connectivity index (χ2v) is 5.67. The summed E-state index contributed by atoms with van der Waals surface area (Å²) in [6, 6.07) is 7.42. The van der Waals surface area contributed by atoms with Gasteiger partial charge in [0.2, 0.25) is 0 Å². The second kappa shape index (κ2) is 7.04. The van der Waals surface area contributed by atoms with Gasteiger partial charge in [0, 0.05) is 5.38 Å². The number of aromatic carboxylic acids is 1. The largest absolute Gasteiger partial charge is 0.481 e. The van der Waals surface area contributed by atoms with Gasteiger partial charge in [-0.1, -0.05) is 17.7 Å². The Balaban J connectivity index is 1.85. The van der Waals surface area contributed by atoms with E-state index in [1.54, 1.807) is 19.1 Å². The Morgan fingerprint density at radius 1 is 1.36 bits per heavy atom. The SMILES string of the molecule is Cc1ccc(OC(C)C(=O)NCc2nc(C(=O)O)cs2)cc1. The number of carbonyl (C=O) groups is 2. The number of benzene rings is 1. The highest BCUT2D eigenvalue weighted by Gasteiger charge is 2.15. The summed E-state index contributed by atoms with van der Waals surface area (Å²) >= 11 is 1.19. The Bertz CT molecular complexity index is 666. The minimum Gasteiger partial charge on any atom is -0.481 e. The summed E-state index contributed by atoms with van der Waals surface area (Å²) in [5.74, 6) is -0.742. The molecule has 0 bridgehead atoms. The molecule has 0 radical (unpaired) electrons. The Morgan fingerprint density at radius 2 is 2.05 bits per heavy atom. The van der Waals surface area contributed by atoms with Crippen molar-refractivity contribution in [1.82, 2.24) is 10.3 Å². The van der Waals surface area contributed by atoms with Crippen LogP contribution in [0.2, 0.25) is 0 Å². The number of nitrogens with one attached hydrogen (secondary N) is 1. The highest BCUT2D eigenvalue weighted by atomic mass is 32.1. The molecule has 2 N–H and O–H groups in total. The summed E-state index contributed by atoms with van der Waals surface area (Å²) < 4.78 is 5.54. The fourth-order valence-electron chi connectivity index (χ4n) is 1.67. The summed E-state index contributed by atoms with van der Waals surface area (Å²) in [6.07, 6.45) is -0.651. The molecule has 1 aromatic carbocycles. The maximum absolute atomic E-state index is 12.0. The molecule has 0 fully saturated rings. The Labute approximate surface area is 131 Å². The average molecular weight is 320 g/mol. The highest BCUT2D eigenvalue weighted by molar-refractivity contribution is 7.09. The van der Waals surface area contributed by atoms with Crippen LogP contribution in [0.3, 0.4) is 0 Å². The highest BCUT2D eigenvalue weighted by Crippen LogP contribution is 2.14. The molecule has 6 nitrogen and oxygen atoms in total. The van der Waals surface area contributed by atoms with Crippen molar-refractivity contribution in [2.45, 2.75) is 26.5 Å². The number of hydrogen-bond acceptors (Lipinski definition) is 5. The van der Waals surface area contributed by atoms with Gasteiger partial charge >= 0.3 is 5.97 Å². The van der Waals surface area contributed by atoms with Crippen molar-refractivity contribution >= 4 is 23.2 Å². The molecular weight excluding hydrogens is 304 g/mol. The van der Waals surface area contributed by atoms with Gasteiger partial charge in [-0.05, 0) is 26.0 Å². The lowest BCUT2D eigenvalue weighted by molar-refractivity contribution is -0.127. The van der Waals surface area contributed by atoms with Crippen molar-refractivity contribution in [3.8, 4) is 5.75 Å². The van der Waals surface area contributed by atoms with Crippen LogP contribution in [0.4, 0.5) is 0 Å². The summed E-state index contributed by atoms with van der Waals surface area (Å²) in [5, 5.41) is 13.4. The molecule has 1 amide bonds. The minimum atomic E-state index is -1.08. The van der Waals surface area contributed by atoms with E-state index in [1.165, 1.54) is 16.7 Å². The van der Waals surface area contributed by atoms with Gasteiger partial charge in [-0.25, -0.2) is 9.78 Å². The maximum Gasteiger partial charge on any atom is 0.355 e. The number of amides is 1. The smallest absolute Gasteiger partial charge is 0.355 e. The quantitative estimate of drug-likeness (QED) is 0.852. The zero-order valence-corrected chi connectivity index (χ0v) is 13.0. The summed E-state index contributed by atoms with van der Waals surface area (Å²) in [7, 11) is 0. The molecule has 7 heteroatoms. The molecule has 1 aromatic heterocycles. The first-order valence-electron chi connectivity index (χ1n) is 6.64. The maximum atomic E-state index is 12.0. The predicted octanol–water partition coefficient (Wildman–Crippen LogP) is 2.23. The standard InChI is InChI=1S/C15H16N2O4S/c1-9-3-5-11(6-4-9)21-10(2)14(18)16-7-13-17-12(8-22-13)15(19)20/h3-6,8,10H,7H2,1-2H3,(H,16,18)(H,19,20). The van der Waals surface area contributed by atoms with Gasteiger partial charge in [0.1, 0.15) is 10.8 Å². The van der Waals surface area contributed by atoms with E-state index >= 15 is 0 Å². The van der Waals surface area contributed by atoms with Gasteiger partial charge in [0.15, 0.2) is 11.8 Å². The van der Waals surface area contributed by atoms with Crippen molar-refractivity contribution in [2.24, 2.45) is 0 Å². The fourth-order valence-corrected chi connectivity index (χ4v) is 2.38. The molecular formula is C15H16N2O4S. The lowest BCUT2D eigenvalue weighted by Crippen LogP contribution is -2.35. The summed E-state index contributed by atoms with van der Waals surface area (Å²) in [6.45, 7) is 3.80. The van der Waals surface area contributed by atoms with Crippen molar-refractivity contribution < 1.29 is 19.4 Å². The molecule has 0 spiro atoms. The van der Waals surface area contributed by atoms with Crippen LogP contribution in [0.1, 0.15) is 28.0 Å². The van der Waals surface area contributed by atoms with E-state index < -0.39 is 12.1 Å². The van der Waals surface area contributed by atoms with E-state index in [1.807, 2.05) is 19.1 Å². The second-order valence-electron chi connectivity index (χ2n) is 4.72. The number of aromatic nitrogens is 1. The number of thiazole rings is 1. The van der Waals surface area contributed by atoms with Crippen molar-refractivity contribution in [3.05, 3.63) is 45.9 Å². The van der Waals surface area contributed by atoms with Gasteiger partial charge in [0.25, 0.3) is 5.91 Å². The van der Waals surface area contributed by atoms with Crippen LogP contribution in [0.5, 0.6) is 5.75 Å². The average Bonchev–Trinajstić information content (AvgIpc) is 2.96. The predicted molar refractivity (Wildman–Crippen MR) is 82.2 cm³/mol. The van der Waals surface area contributed by atoms with Crippen LogP contribution in [0.25, 0.3) is 0 Å². The van der Waals surface area contributed by atoms with Crippen molar-refractivity contribution in [2.75, 3.05) is 0 Å². The van der Waals surface area contributed by atoms with Gasteiger partial charge in [0.05, 0.1) is 6.54 Å². The Kier molecular flexibility index (Phi) is 5.11. The van der Waals surface area contributed by atoms with E-state index in [9.17, 15) is 9.59 Å². The number of carboxylic acids is 1. The van der Waals surface area contributed by atoms with Crippen LogP contribution in [-0.2, 0) is 11.3 Å². The third-order valence-corrected chi connectivity index (χ3v) is 3.74. The molecule has 2 aromatic rings. The first-order chi connectivity index (χ1) is 10.5. The molecule has 0 aliphatic carbocycles. The first kappa shape index (κ1) is 16.0. The topological polar surface area (TPSA) is 88.5 Å². The molecule has 22 heavy (non-hydrogen) atoms. The Hall–Kier alpha value is -2.41. The zero-order valence-electron chi connectivity index (χ0n) is 12.2. The van der Waals surface area contributed by atoms with Gasteiger partial charge in [-0.15, -0.1) is 11.3 Å². The third-order valence-electron chi connectivity index (χ3n) is 2.89. The number of carbonyl (C=O) groups excluding carboxylic acids is 1. The summed E-state index contributed by atoms with van der Waals surface area (Å²) in [5.41, 5.74) is 1.10. The van der Waals surface area contributed by atoms with Crippen LogP contribution in [-0.4, -0.2) is 28.1 Å². The van der Waals surface area contributed by atoms with Crippen LogP contribution in [0.15, 0.2) is 29.6 Å². The van der Waals surface area contributed by atoms with Gasteiger partial charge < -0.3 is 15.2 Å². The molecule has 0 saturated heterocycles. The minimum absolute atomic E-state index is 0.0156. The lowest BCUT2D eigenvalue weighted by Gasteiger charge is -2.14. The van der Waals surface area contributed by atoms with Gasteiger partial charge in [-0.2, -0.15) is 0 Å². The molecule has 0 aliphatic rings. The van der Waals surface area contributed by atoms with Crippen LogP contribution >= 0.6 is 11.3 Å². The molecule has 1 atom stereocenters. The normalized spacial score (nSPS) is 11.7. The number of carboxylic acid groups (broad SMARTS) is 1. The van der Waals surface area contributed by atoms with E-state index in [-0.39, 0.29) is 18.1 Å². The molecule has 0 saturated carbocycles. The van der Waals surface area contributed by atoms with Crippen molar-refractivity contribution in [1.29, 1.82) is 0 Å². The molecule has 2 rings (SSSR count). The number of aryl methyl sites for hydroxylation is 1. The monoisotopic (exact) mass is 320 g/mol. The molecule has 0 aliphatic heterocycles. The van der Waals surface area contributed by atoms with Crippen molar-refractivity contribution in [3.63, 3.8) is 0 Å². The number of hydrogen-bond donors (Lipinski definition) is 2. The number of rotatable bonds is 6. The third kappa shape index (κ3) is 4.29. The van der Waals surface area contributed by atoms with E-state index in [4.69, 9.17) is 9.84 Å². The first-order valence-corrected chi connectivity index (χ1v) is 7.52. The van der Waals surface area contributed by atoms with Crippen LogP contribution in [0, 0.1) is 6.92 Å². The number of ether oxygens (including phenoxy) is 1. The number of nitrogens with zero attached hydrogens (tertiary/aromatic N) is 1. The lowest BCUT2D eigenvalue weighted by atomic mass is 10.2. The van der Waals surface area contributed by atoms with E-state index in [2.05, 4.69) is 10.3 Å². The fraction of sp³-hybridized carbons (Fsp3) is 0.267. The molecule has 1 unspecified atom stereocenters. The Morgan fingerprint density at radius 3 is 2.64 bits per heavy atom.